The molecule has 33 heavy (non-hydrogen) atoms. The van der Waals surface area contributed by atoms with Crippen LogP contribution in [0.3, 0.4) is 0 Å². The number of fused-ring (bicyclic) bond motifs is 1. The number of thioether (sulfide) groups is 1. The first kappa shape index (κ1) is 23.7. The highest BCUT2D eigenvalue weighted by molar-refractivity contribution is 8.01. The molecule has 0 aromatic heterocycles. The van der Waals surface area contributed by atoms with Gasteiger partial charge in [-0.1, -0.05) is 37.1 Å². The third kappa shape index (κ3) is 6.34. The largest absolute Gasteiger partial charge is 0.346 e. The second kappa shape index (κ2) is 11.1. The van der Waals surface area contributed by atoms with Crippen LogP contribution in [0, 0.1) is 5.82 Å². The zero-order chi connectivity index (χ0) is 23.2. The molecule has 2 amide bonds. The predicted octanol–water partition coefficient (Wildman–Crippen LogP) is 4.26. The summed E-state index contributed by atoms with van der Waals surface area (Å²) in [6, 6.07) is 14.9. The van der Waals surface area contributed by atoms with E-state index in [0.717, 1.165) is 48.3 Å². The maximum absolute atomic E-state index is 13.1. The molecule has 176 valence electrons. The van der Waals surface area contributed by atoms with Crippen LogP contribution in [0.25, 0.3) is 0 Å². The number of carbonyl (C=O) groups is 2. The number of para-hydroxylation sites is 1. The van der Waals surface area contributed by atoms with E-state index in [2.05, 4.69) is 16.2 Å². The summed E-state index contributed by atoms with van der Waals surface area (Å²) < 4.78 is 13.1. The van der Waals surface area contributed by atoms with Crippen molar-refractivity contribution in [3.63, 3.8) is 0 Å². The standard InChI is InChI=1S/C25H31FN4O2S/c1-30(24(31)16-23-25(32)27-20-8-4-5-9-22(20)33-23)14-6-2-3-7-19-15-21(29-28-19)17-10-12-18(26)13-11-17/h4-5,8-13,19,21,23,28-29H,2-3,6-7,14-16H2,1H3,(H,27,32). The van der Waals surface area contributed by atoms with Crippen LogP contribution >= 0.6 is 11.8 Å². The smallest absolute Gasteiger partial charge is 0.238 e. The number of halogens is 1. The summed E-state index contributed by atoms with van der Waals surface area (Å²) in [7, 11) is 1.82. The summed E-state index contributed by atoms with van der Waals surface area (Å²) in [5.41, 5.74) is 8.57. The van der Waals surface area contributed by atoms with Crippen LogP contribution in [0.1, 0.15) is 50.1 Å². The van der Waals surface area contributed by atoms with Gasteiger partial charge in [-0.3, -0.25) is 20.4 Å². The molecule has 0 radical (unpaired) electrons. The Bertz CT molecular complexity index is 971. The van der Waals surface area contributed by atoms with E-state index in [4.69, 9.17) is 0 Å². The van der Waals surface area contributed by atoms with Gasteiger partial charge in [0.05, 0.1) is 10.9 Å². The highest BCUT2D eigenvalue weighted by Gasteiger charge is 2.29. The zero-order valence-electron chi connectivity index (χ0n) is 18.9. The molecule has 1 saturated heterocycles. The molecule has 0 saturated carbocycles. The van der Waals surface area contributed by atoms with Gasteiger partial charge in [-0.15, -0.1) is 11.8 Å². The number of carbonyl (C=O) groups excluding carboxylic acids is 2. The van der Waals surface area contributed by atoms with Gasteiger partial charge in [0.25, 0.3) is 0 Å². The lowest BCUT2D eigenvalue weighted by Gasteiger charge is -2.25. The molecule has 3 atom stereocenters. The SMILES string of the molecule is CN(CCCCCC1CC(c2ccc(F)cc2)NN1)C(=O)CC1Sc2ccccc2NC1=O. The van der Waals surface area contributed by atoms with Gasteiger partial charge in [0.15, 0.2) is 0 Å². The van der Waals surface area contributed by atoms with Gasteiger partial charge in [-0.25, -0.2) is 4.39 Å². The molecule has 2 aromatic carbocycles. The minimum absolute atomic E-state index is 0.00540. The van der Waals surface area contributed by atoms with Gasteiger partial charge < -0.3 is 10.2 Å². The van der Waals surface area contributed by atoms with Gasteiger partial charge in [0.2, 0.25) is 11.8 Å². The fourth-order valence-electron chi connectivity index (χ4n) is 4.31. The topological polar surface area (TPSA) is 73.5 Å². The highest BCUT2D eigenvalue weighted by Crippen LogP contribution is 2.36. The van der Waals surface area contributed by atoms with E-state index >= 15 is 0 Å². The molecule has 2 aromatic rings. The van der Waals surface area contributed by atoms with E-state index in [1.165, 1.54) is 23.9 Å². The number of unbranched alkanes of at least 4 members (excludes halogenated alkanes) is 2. The Morgan fingerprint density at radius 3 is 2.70 bits per heavy atom. The van der Waals surface area contributed by atoms with Crippen molar-refractivity contribution < 1.29 is 14.0 Å². The minimum atomic E-state index is -0.384. The molecule has 8 heteroatoms. The Hall–Kier alpha value is -2.42. The number of nitrogens with zero attached hydrogens (tertiary/aromatic N) is 1. The van der Waals surface area contributed by atoms with Crippen molar-refractivity contribution in [1.82, 2.24) is 15.8 Å². The number of benzene rings is 2. The first-order valence-corrected chi connectivity index (χ1v) is 12.4. The first-order chi connectivity index (χ1) is 16.0. The summed E-state index contributed by atoms with van der Waals surface area (Å²) >= 11 is 1.47. The summed E-state index contributed by atoms with van der Waals surface area (Å²) in [6.07, 6.45) is 5.31. The highest BCUT2D eigenvalue weighted by atomic mass is 32.2. The fraction of sp³-hybridized carbons (Fsp3) is 0.440. The number of anilines is 1. The molecule has 0 bridgehead atoms. The van der Waals surface area contributed by atoms with Crippen LogP contribution in [0.2, 0.25) is 0 Å². The minimum Gasteiger partial charge on any atom is -0.346 e. The van der Waals surface area contributed by atoms with Gasteiger partial charge in [-0.05, 0) is 49.1 Å². The summed E-state index contributed by atoms with van der Waals surface area (Å²) in [6.45, 7) is 0.697. The summed E-state index contributed by atoms with van der Waals surface area (Å²) in [5.74, 6) is -0.307. The molecule has 1 fully saturated rings. The van der Waals surface area contributed by atoms with Crippen LogP contribution < -0.4 is 16.2 Å². The Morgan fingerprint density at radius 1 is 1.09 bits per heavy atom. The Balaban J connectivity index is 1.12. The fourth-order valence-corrected chi connectivity index (χ4v) is 5.41. The van der Waals surface area contributed by atoms with Crippen LogP contribution in [0.5, 0.6) is 0 Å². The third-order valence-electron chi connectivity index (χ3n) is 6.29. The lowest BCUT2D eigenvalue weighted by molar-refractivity contribution is -0.131. The maximum atomic E-state index is 13.1. The second-order valence-electron chi connectivity index (χ2n) is 8.79. The average molecular weight is 471 g/mol. The lowest BCUT2D eigenvalue weighted by Crippen LogP contribution is -2.36. The molecule has 3 unspecified atom stereocenters. The Morgan fingerprint density at radius 2 is 1.88 bits per heavy atom. The second-order valence-corrected chi connectivity index (χ2v) is 10.0. The molecule has 2 aliphatic heterocycles. The quantitative estimate of drug-likeness (QED) is 0.478. The first-order valence-electron chi connectivity index (χ1n) is 11.6. The molecule has 4 rings (SSSR count). The molecular formula is C25H31FN4O2S. The van der Waals surface area contributed by atoms with Crippen molar-refractivity contribution in [2.45, 2.75) is 60.8 Å². The van der Waals surface area contributed by atoms with Crippen molar-refractivity contribution in [3.8, 4) is 0 Å². The number of hydrazine groups is 1. The molecule has 2 heterocycles. The number of hydrogen-bond donors (Lipinski definition) is 3. The van der Waals surface area contributed by atoms with Crippen LogP contribution in [-0.2, 0) is 9.59 Å². The third-order valence-corrected chi connectivity index (χ3v) is 7.57. The number of amides is 2. The van der Waals surface area contributed by atoms with E-state index in [-0.39, 0.29) is 35.3 Å². The number of nitrogens with one attached hydrogen (secondary N) is 3. The average Bonchev–Trinajstić information content (AvgIpc) is 3.28. The van der Waals surface area contributed by atoms with E-state index in [1.807, 2.05) is 43.4 Å². The van der Waals surface area contributed by atoms with Crippen molar-refractivity contribution in [3.05, 3.63) is 59.9 Å². The molecular weight excluding hydrogens is 439 g/mol. The maximum Gasteiger partial charge on any atom is 0.238 e. The van der Waals surface area contributed by atoms with Gasteiger partial charge in [0, 0.05) is 37.0 Å². The van der Waals surface area contributed by atoms with Gasteiger partial charge >= 0.3 is 0 Å². The van der Waals surface area contributed by atoms with E-state index in [1.54, 1.807) is 4.90 Å². The Kier molecular flexibility index (Phi) is 8.01. The van der Waals surface area contributed by atoms with E-state index in [0.29, 0.717) is 12.6 Å². The van der Waals surface area contributed by atoms with E-state index < -0.39 is 0 Å². The molecule has 0 aliphatic carbocycles. The molecule has 0 spiro atoms. The molecule has 3 N–H and O–H groups in total. The van der Waals surface area contributed by atoms with Gasteiger partial charge in [-0.2, -0.15) is 0 Å². The molecule has 6 nitrogen and oxygen atoms in total. The van der Waals surface area contributed by atoms with Crippen molar-refractivity contribution >= 4 is 29.3 Å². The van der Waals surface area contributed by atoms with E-state index in [9.17, 15) is 14.0 Å². The van der Waals surface area contributed by atoms with Crippen LogP contribution in [-0.4, -0.2) is 41.6 Å². The normalized spacial score (nSPS) is 22.0. The van der Waals surface area contributed by atoms with Crippen molar-refractivity contribution in [2.75, 3.05) is 18.9 Å². The zero-order valence-corrected chi connectivity index (χ0v) is 19.7. The predicted molar refractivity (Wildman–Crippen MR) is 129 cm³/mol. The Labute approximate surface area is 198 Å². The monoisotopic (exact) mass is 470 g/mol. The number of rotatable bonds is 9. The van der Waals surface area contributed by atoms with Crippen LogP contribution in [0.4, 0.5) is 10.1 Å². The van der Waals surface area contributed by atoms with Crippen molar-refractivity contribution in [2.24, 2.45) is 0 Å². The van der Waals surface area contributed by atoms with Crippen LogP contribution in [0.15, 0.2) is 53.4 Å². The lowest BCUT2D eigenvalue weighted by atomic mass is 9.99. The van der Waals surface area contributed by atoms with Crippen molar-refractivity contribution in [1.29, 1.82) is 0 Å². The summed E-state index contributed by atoms with van der Waals surface area (Å²) in [5, 5.41) is 2.51. The summed E-state index contributed by atoms with van der Waals surface area (Å²) in [4.78, 5) is 27.7. The molecule has 2 aliphatic rings. The van der Waals surface area contributed by atoms with Gasteiger partial charge in [0.1, 0.15) is 5.82 Å². The number of hydrogen-bond acceptors (Lipinski definition) is 5.